The lowest BCUT2D eigenvalue weighted by Gasteiger charge is -2.33. The normalized spacial score (nSPS) is 21.3. The topological polar surface area (TPSA) is 33.1 Å². The Morgan fingerprint density at radius 1 is 1.03 bits per heavy atom. The number of nitrogens with one attached hydrogen (secondary N) is 1. The van der Waals surface area contributed by atoms with Crippen molar-refractivity contribution in [2.75, 3.05) is 0 Å². The van der Waals surface area contributed by atoms with Crippen molar-refractivity contribution in [1.29, 1.82) is 0 Å². The van der Waals surface area contributed by atoms with Crippen molar-refractivity contribution in [2.45, 2.75) is 63.8 Å². The van der Waals surface area contributed by atoms with Gasteiger partial charge in [-0.2, -0.15) is 13.2 Å². The van der Waals surface area contributed by atoms with Gasteiger partial charge in [0.25, 0.3) is 0 Å². The molecule has 1 aliphatic carbocycles. The van der Waals surface area contributed by atoms with Crippen molar-refractivity contribution in [3.05, 3.63) is 82.9 Å². The third-order valence-corrected chi connectivity index (χ3v) is 7.42. The molecular weight excluding hydrogens is 457 g/mol. The van der Waals surface area contributed by atoms with Gasteiger partial charge in [-0.1, -0.05) is 31.0 Å². The molecule has 1 N–H and O–H groups in total. The lowest BCUT2D eigenvalue weighted by atomic mass is 9.95. The summed E-state index contributed by atoms with van der Waals surface area (Å²) in [6, 6.07) is 13.6. The Balaban J connectivity index is 1.66. The number of thiocarbonyl (C=S) groups is 1. The maximum absolute atomic E-state index is 13.8. The lowest BCUT2D eigenvalue weighted by molar-refractivity contribution is -0.137. The number of aryl methyl sites for hydroxylation is 1. The fourth-order valence-corrected chi connectivity index (χ4v) is 6.03. The van der Waals surface area contributed by atoms with Gasteiger partial charge in [0, 0.05) is 23.6 Å². The van der Waals surface area contributed by atoms with Crippen LogP contribution in [0.5, 0.6) is 0 Å². The van der Waals surface area contributed by atoms with Crippen LogP contribution in [-0.2, 0) is 6.18 Å². The maximum atomic E-state index is 13.8. The molecule has 2 atom stereocenters. The number of rotatable bonds is 4. The smallest absolute Gasteiger partial charge is 0.352 e. The van der Waals surface area contributed by atoms with Crippen LogP contribution in [0.3, 0.4) is 0 Å². The summed E-state index contributed by atoms with van der Waals surface area (Å²) in [7, 11) is 0. The highest BCUT2D eigenvalue weighted by atomic mass is 32.1. The quantitative estimate of drug-likeness (QED) is 0.433. The third-order valence-electron chi connectivity index (χ3n) is 7.09. The van der Waals surface area contributed by atoms with Crippen LogP contribution >= 0.6 is 12.2 Å². The van der Waals surface area contributed by atoms with E-state index in [1.807, 2.05) is 38.1 Å². The summed E-state index contributed by atoms with van der Waals surface area (Å²) < 4.78 is 43.3. The largest absolute Gasteiger partial charge is 0.418 e. The summed E-state index contributed by atoms with van der Waals surface area (Å²) in [6.07, 6.45) is 1.75. The second-order valence-electron chi connectivity index (χ2n) is 9.15. The highest BCUT2D eigenvalue weighted by molar-refractivity contribution is 7.80. The molecule has 1 saturated heterocycles. The molecule has 2 aliphatic rings. The fraction of sp³-hybridized carbons (Fsp3) is 0.385. The first-order valence-electron chi connectivity index (χ1n) is 11.6. The van der Waals surface area contributed by atoms with E-state index < -0.39 is 11.7 Å². The highest BCUT2D eigenvalue weighted by Gasteiger charge is 2.45. The number of nitrogens with zero attached hydrogens (tertiary/aromatic N) is 3. The molecule has 4 nitrogen and oxygen atoms in total. The molecule has 178 valence electrons. The minimum Gasteiger partial charge on any atom is -0.352 e. The van der Waals surface area contributed by atoms with Gasteiger partial charge in [0.1, 0.15) is 0 Å². The van der Waals surface area contributed by atoms with Crippen molar-refractivity contribution >= 4 is 17.3 Å². The molecule has 8 heteroatoms. The van der Waals surface area contributed by atoms with E-state index in [9.17, 15) is 13.2 Å². The molecule has 5 rings (SSSR count). The number of benzene rings is 1. The molecule has 1 aromatic carbocycles. The molecule has 1 aliphatic heterocycles. The molecule has 3 aromatic rings. The summed E-state index contributed by atoms with van der Waals surface area (Å²) in [5.41, 5.74) is 2.90. The number of aromatic nitrogens is 2. The minimum absolute atomic E-state index is 0.145. The zero-order chi connectivity index (χ0) is 24.0. The van der Waals surface area contributed by atoms with Crippen molar-refractivity contribution in [1.82, 2.24) is 19.8 Å². The second-order valence-corrected chi connectivity index (χ2v) is 9.54. The van der Waals surface area contributed by atoms with E-state index in [1.54, 1.807) is 16.8 Å². The molecule has 2 fully saturated rings. The van der Waals surface area contributed by atoms with Crippen molar-refractivity contribution in [3.63, 3.8) is 0 Å². The van der Waals surface area contributed by atoms with Crippen LogP contribution in [0, 0.1) is 13.8 Å². The molecular formula is C26H27F3N4S. The van der Waals surface area contributed by atoms with Crippen LogP contribution in [0.2, 0.25) is 0 Å². The first-order valence-corrected chi connectivity index (χ1v) is 12.0. The molecule has 3 heterocycles. The predicted octanol–water partition coefficient (Wildman–Crippen LogP) is 6.42. The molecule has 1 saturated carbocycles. The van der Waals surface area contributed by atoms with Crippen molar-refractivity contribution < 1.29 is 13.2 Å². The number of hydrogen-bond donors (Lipinski definition) is 1. The average molecular weight is 485 g/mol. The van der Waals surface area contributed by atoms with Crippen molar-refractivity contribution in [2.24, 2.45) is 0 Å². The number of hydrogen-bond acceptors (Lipinski definition) is 2. The van der Waals surface area contributed by atoms with E-state index in [2.05, 4.69) is 15.2 Å². The first-order chi connectivity index (χ1) is 16.3. The summed E-state index contributed by atoms with van der Waals surface area (Å²) in [6.45, 7) is 3.76. The van der Waals surface area contributed by atoms with Crippen LogP contribution in [-0.4, -0.2) is 25.6 Å². The van der Waals surface area contributed by atoms with Crippen molar-refractivity contribution in [3.8, 4) is 5.69 Å². The Morgan fingerprint density at radius 2 is 1.74 bits per heavy atom. The van der Waals surface area contributed by atoms with Crippen LogP contribution in [0.4, 0.5) is 13.2 Å². The van der Waals surface area contributed by atoms with Gasteiger partial charge in [-0.3, -0.25) is 4.98 Å². The van der Waals surface area contributed by atoms with E-state index in [0.29, 0.717) is 11.2 Å². The molecule has 34 heavy (non-hydrogen) atoms. The highest BCUT2D eigenvalue weighted by Crippen LogP contribution is 2.45. The first kappa shape index (κ1) is 22.9. The fourth-order valence-electron chi connectivity index (χ4n) is 5.64. The van der Waals surface area contributed by atoms with Crippen LogP contribution in [0.15, 0.2) is 54.7 Å². The van der Waals surface area contributed by atoms with E-state index >= 15 is 0 Å². The van der Waals surface area contributed by atoms with Gasteiger partial charge in [0.15, 0.2) is 5.11 Å². The predicted molar refractivity (Wildman–Crippen MR) is 130 cm³/mol. The molecule has 0 unspecified atom stereocenters. The Kier molecular flexibility index (Phi) is 5.88. The van der Waals surface area contributed by atoms with Gasteiger partial charge in [-0.15, -0.1) is 0 Å². The van der Waals surface area contributed by atoms with Gasteiger partial charge in [0.05, 0.1) is 29.0 Å². The van der Waals surface area contributed by atoms with E-state index in [-0.39, 0.29) is 17.8 Å². The second kappa shape index (κ2) is 8.73. The van der Waals surface area contributed by atoms with Gasteiger partial charge < -0.3 is 14.8 Å². The zero-order valence-electron chi connectivity index (χ0n) is 19.1. The molecule has 0 amide bonds. The standard InChI is InChI=1S/C26H27F3N4S/c1-16-15-19(17(2)32(16)22-13-6-5-11-20(22)26(27,28)29)24-23(21-12-7-8-14-30-21)31-25(34)33(24)18-9-3-4-10-18/h5-8,11-15,18,23-24H,3-4,9-10H2,1-2H3,(H,31,34)/t23-,24+/m1/s1. The third kappa shape index (κ3) is 3.87. The van der Waals surface area contributed by atoms with Gasteiger partial charge in [0.2, 0.25) is 0 Å². The van der Waals surface area contributed by atoms with Crippen LogP contribution < -0.4 is 5.32 Å². The Morgan fingerprint density at radius 3 is 2.41 bits per heavy atom. The maximum Gasteiger partial charge on any atom is 0.418 e. The lowest BCUT2D eigenvalue weighted by Crippen LogP contribution is -2.37. The molecule has 0 spiro atoms. The Bertz CT molecular complexity index is 1200. The SMILES string of the molecule is Cc1cc([C@H]2[C@@H](c3ccccn3)NC(=S)N2C2CCCC2)c(C)n1-c1ccccc1C(F)(F)F. The summed E-state index contributed by atoms with van der Waals surface area (Å²) >= 11 is 5.81. The van der Waals surface area contributed by atoms with Gasteiger partial charge in [-0.25, -0.2) is 0 Å². The molecule has 2 aromatic heterocycles. The number of halogens is 3. The zero-order valence-corrected chi connectivity index (χ0v) is 20.0. The molecule has 0 bridgehead atoms. The Hall–Kier alpha value is -2.87. The molecule has 0 radical (unpaired) electrons. The number of para-hydroxylation sites is 1. The minimum atomic E-state index is -4.44. The van der Waals surface area contributed by atoms with Gasteiger partial charge in [-0.05, 0) is 74.8 Å². The number of alkyl halides is 3. The summed E-state index contributed by atoms with van der Waals surface area (Å²) in [5, 5.41) is 4.17. The Labute approximate surface area is 202 Å². The van der Waals surface area contributed by atoms with Crippen LogP contribution in [0.1, 0.15) is 66.0 Å². The van der Waals surface area contributed by atoms with Gasteiger partial charge >= 0.3 is 6.18 Å². The van der Waals surface area contributed by atoms with E-state index in [0.717, 1.165) is 54.4 Å². The monoisotopic (exact) mass is 484 g/mol. The average Bonchev–Trinajstić information content (AvgIpc) is 3.51. The van der Waals surface area contributed by atoms with Crippen LogP contribution in [0.25, 0.3) is 5.69 Å². The summed E-state index contributed by atoms with van der Waals surface area (Å²) in [4.78, 5) is 6.87. The summed E-state index contributed by atoms with van der Waals surface area (Å²) in [5.74, 6) is 0. The number of pyridine rings is 1. The van der Waals surface area contributed by atoms with E-state index in [4.69, 9.17) is 12.2 Å². The van der Waals surface area contributed by atoms with E-state index in [1.165, 1.54) is 12.1 Å².